The summed E-state index contributed by atoms with van der Waals surface area (Å²) in [6.07, 6.45) is 0.890. The van der Waals surface area contributed by atoms with E-state index in [1.165, 1.54) is 0 Å². The van der Waals surface area contributed by atoms with Gasteiger partial charge in [-0.25, -0.2) is 9.97 Å². The maximum absolute atomic E-state index is 12.6. The molecule has 2 heterocycles. The molecule has 3 aromatic carbocycles. The van der Waals surface area contributed by atoms with Gasteiger partial charge in [0.15, 0.2) is 0 Å². The van der Waals surface area contributed by atoms with Crippen molar-refractivity contribution in [1.29, 1.82) is 0 Å². The van der Waals surface area contributed by atoms with Crippen LogP contribution in [0.5, 0.6) is 0 Å². The molecule has 0 atom stereocenters. The lowest BCUT2D eigenvalue weighted by Crippen LogP contribution is -2.13. The summed E-state index contributed by atoms with van der Waals surface area (Å²) in [5, 5.41) is 3.02. The summed E-state index contributed by atoms with van der Waals surface area (Å²) in [6, 6.07) is 23.4. The van der Waals surface area contributed by atoms with Gasteiger partial charge in [0, 0.05) is 18.4 Å². The Hall–Kier alpha value is -3.93. The number of para-hydroxylation sites is 5. The molecule has 1 amide bonds. The molecule has 6 heteroatoms. The van der Waals surface area contributed by atoms with Gasteiger partial charge in [-0.3, -0.25) is 4.79 Å². The van der Waals surface area contributed by atoms with E-state index in [1.807, 2.05) is 72.8 Å². The van der Waals surface area contributed by atoms with Gasteiger partial charge in [-0.05, 0) is 36.4 Å². The van der Waals surface area contributed by atoms with Gasteiger partial charge >= 0.3 is 0 Å². The molecular weight excluding hydrogens is 362 g/mol. The molecule has 0 unspecified atom stereocenters. The zero-order valence-electron chi connectivity index (χ0n) is 15.6. The van der Waals surface area contributed by atoms with E-state index >= 15 is 0 Å². The molecule has 5 aromatic rings. The van der Waals surface area contributed by atoms with Gasteiger partial charge in [0.25, 0.3) is 0 Å². The number of rotatable bonds is 5. The Kier molecular flexibility index (Phi) is 4.29. The number of aryl methyl sites for hydroxylation is 1. The fourth-order valence-electron chi connectivity index (χ4n) is 3.45. The summed E-state index contributed by atoms with van der Waals surface area (Å²) < 4.78 is 0. The summed E-state index contributed by atoms with van der Waals surface area (Å²) in [6.45, 7) is 0. The van der Waals surface area contributed by atoms with Crippen molar-refractivity contribution in [3.8, 4) is 11.4 Å². The Morgan fingerprint density at radius 3 is 2.21 bits per heavy atom. The van der Waals surface area contributed by atoms with E-state index in [2.05, 4.69) is 25.3 Å². The first-order valence-corrected chi connectivity index (χ1v) is 9.54. The van der Waals surface area contributed by atoms with E-state index in [4.69, 9.17) is 0 Å². The van der Waals surface area contributed by atoms with Crippen molar-refractivity contribution < 1.29 is 4.79 Å². The van der Waals surface area contributed by atoms with Crippen LogP contribution in [0.1, 0.15) is 12.2 Å². The molecule has 0 bridgehead atoms. The first kappa shape index (κ1) is 17.2. The Bertz CT molecular complexity index is 1250. The Morgan fingerprint density at radius 2 is 1.45 bits per heavy atom. The number of H-pyrrole nitrogens is 2. The predicted octanol–water partition coefficient (Wildman–Crippen LogP) is 4.68. The molecule has 5 rings (SSSR count). The third-order valence-electron chi connectivity index (χ3n) is 4.87. The second kappa shape index (κ2) is 7.24. The molecule has 0 aliphatic heterocycles. The number of nitrogens with one attached hydrogen (secondary N) is 3. The van der Waals surface area contributed by atoms with Crippen LogP contribution in [0.3, 0.4) is 0 Å². The number of aromatic nitrogens is 4. The van der Waals surface area contributed by atoms with Crippen LogP contribution in [-0.2, 0) is 11.2 Å². The molecule has 3 N–H and O–H groups in total. The molecule has 0 aliphatic carbocycles. The number of fused-ring (bicyclic) bond motifs is 2. The second-order valence-electron chi connectivity index (χ2n) is 6.90. The number of hydrogen-bond donors (Lipinski definition) is 3. The fraction of sp³-hybridized carbons (Fsp3) is 0.0870. The number of aromatic amines is 2. The van der Waals surface area contributed by atoms with Crippen LogP contribution in [0.25, 0.3) is 33.5 Å². The molecule has 2 aromatic heterocycles. The number of nitrogens with zero attached hydrogens (tertiary/aromatic N) is 2. The standard InChI is InChI=1S/C23H19N5O/c29-22(14-13-21-24-17-9-3-4-10-18(17)25-21)26-16-8-2-1-7-15(16)23-27-19-11-5-6-12-20(19)28-23/h1-12H,13-14H2,(H,24,25)(H,26,29)(H,27,28). The van der Waals surface area contributed by atoms with E-state index in [0.717, 1.165) is 45.0 Å². The van der Waals surface area contributed by atoms with Crippen LogP contribution in [-0.4, -0.2) is 25.8 Å². The van der Waals surface area contributed by atoms with E-state index in [0.29, 0.717) is 12.8 Å². The largest absolute Gasteiger partial charge is 0.342 e. The summed E-state index contributed by atoms with van der Waals surface area (Å²) in [5.74, 6) is 1.49. The van der Waals surface area contributed by atoms with Gasteiger partial charge in [0.2, 0.25) is 5.91 Å². The lowest BCUT2D eigenvalue weighted by Gasteiger charge is -2.09. The highest BCUT2D eigenvalue weighted by Crippen LogP contribution is 2.27. The average molecular weight is 381 g/mol. The van der Waals surface area contributed by atoms with E-state index in [-0.39, 0.29) is 5.91 Å². The van der Waals surface area contributed by atoms with Gasteiger partial charge in [-0.2, -0.15) is 0 Å². The molecule has 142 valence electrons. The van der Waals surface area contributed by atoms with Gasteiger partial charge in [0.1, 0.15) is 11.6 Å². The number of hydrogen-bond acceptors (Lipinski definition) is 3. The Morgan fingerprint density at radius 1 is 0.793 bits per heavy atom. The van der Waals surface area contributed by atoms with Gasteiger partial charge < -0.3 is 15.3 Å². The number of amides is 1. The van der Waals surface area contributed by atoms with Crippen LogP contribution in [0.4, 0.5) is 5.69 Å². The SMILES string of the molecule is O=C(CCc1nc2ccccc2[nH]1)Nc1ccccc1-c1nc2ccccc2[nH]1. The molecule has 29 heavy (non-hydrogen) atoms. The monoisotopic (exact) mass is 381 g/mol. The highest BCUT2D eigenvalue weighted by atomic mass is 16.1. The maximum atomic E-state index is 12.6. The van der Waals surface area contributed by atoms with Crippen LogP contribution in [0, 0.1) is 0 Å². The molecule has 0 radical (unpaired) electrons. The van der Waals surface area contributed by atoms with Crippen LogP contribution >= 0.6 is 0 Å². The summed E-state index contributed by atoms with van der Waals surface area (Å²) in [4.78, 5) is 28.3. The number of benzene rings is 3. The van der Waals surface area contributed by atoms with E-state index in [9.17, 15) is 4.79 Å². The molecule has 0 aliphatic rings. The van der Waals surface area contributed by atoms with Crippen LogP contribution in [0.2, 0.25) is 0 Å². The first-order chi connectivity index (χ1) is 14.3. The molecule has 0 saturated heterocycles. The molecule has 6 nitrogen and oxygen atoms in total. The van der Waals surface area contributed by atoms with Gasteiger partial charge in [-0.15, -0.1) is 0 Å². The topological polar surface area (TPSA) is 86.5 Å². The predicted molar refractivity (Wildman–Crippen MR) is 115 cm³/mol. The number of imidazole rings is 2. The smallest absolute Gasteiger partial charge is 0.224 e. The van der Waals surface area contributed by atoms with Gasteiger partial charge in [0.05, 0.1) is 27.8 Å². The summed E-state index contributed by atoms with van der Waals surface area (Å²) in [7, 11) is 0. The molecular formula is C23H19N5O. The number of anilines is 1. The fourth-order valence-corrected chi connectivity index (χ4v) is 3.45. The van der Waals surface area contributed by atoms with Crippen molar-refractivity contribution >= 4 is 33.7 Å². The van der Waals surface area contributed by atoms with Crippen molar-refractivity contribution in [1.82, 2.24) is 19.9 Å². The molecule has 0 fully saturated rings. The zero-order chi connectivity index (χ0) is 19.6. The highest BCUT2D eigenvalue weighted by Gasteiger charge is 2.12. The first-order valence-electron chi connectivity index (χ1n) is 9.54. The third kappa shape index (κ3) is 3.48. The zero-order valence-corrected chi connectivity index (χ0v) is 15.6. The third-order valence-corrected chi connectivity index (χ3v) is 4.87. The van der Waals surface area contributed by atoms with Gasteiger partial charge in [-0.1, -0.05) is 36.4 Å². The van der Waals surface area contributed by atoms with Crippen molar-refractivity contribution in [2.75, 3.05) is 5.32 Å². The maximum Gasteiger partial charge on any atom is 0.224 e. The quantitative estimate of drug-likeness (QED) is 0.413. The van der Waals surface area contributed by atoms with E-state index in [1.54, 1.807) is 0 Å². The van der Waals surface area contributed by atoms with Crippen LogP contribution in [0.15, 0.2) is 72.8 Å². The van der Waals surface area contributed by atoms with Crippen molar-refractivity contribution in [3.63, 3.8) is 0 Å². The minimum absolute atomic E-state index is 0.0611. The minimum atomic E-state index is -0.0611. The lowest BCUT2D eigenvalue weighted by molar-refractivity contribution is -0.116. The highest BCUT2D eigenvalue weighted by molar-refractivity contribution is 5.95. The van der Waals surface area contributed by atoms with Crippen LogP contribution < -0.4 is 5.32 Å². The van der Waals surface area contributed by atoms with E-state index < -0.39 is 0 Å². The normalized spacial score (nSPS) is 11.2. The second-order valence-corrected chi connectivity index (χ2v) is 6.90. The summed E-state index contributed by atoms with van der Waals surface area (Å²) >= 11 is 0. The molecule has 0 spiro atoms. The number of carbonyl (C=O) groups is 1. The lowest BCUT2D eigenvalue weighted by atomic mass is 10.1. The van der Waals surface area contributed by atoms with Crippen molar-refractivity contribution in [3.05, 3.63) is 78.6 Å². The summed E-state index contributed by atoms with van der Waals surface area (Å²) in [5.41, 5.74) is 5.36. The number of carbonyl (C=O) groups excluding carboxylic acids is 1. The average Bonchev–Trinajstić information content (AvgIpc) is 3.36. The molecule has 0 saturated carbocycles. The minimum Gasteiger partial charge on any atom is -0.342 e. The van der Waals surface area contributed by atoms with Crippen molar-refractivity contribution in [2.24, 2.45) is 0 Å². The Balaban J connectivity index is 1.33. The van der Waals surface area contributed by atoms with Crippen molar-refractivity contribution in [2.45, 2.75) is 12.8 Å². The Labute approximate surface area is 167 Å².